The fourth-order valence-corrected chi connectivity index (χ4v) is 2.95. The molecule has 0 spiro atoms. The summed E-state index contributed by atoms with van der Waals surface area (Å²) in [4.78, 5) is 46.1. The van der Waals surface area contributed by atoms with E-state index in [1.54, 1.807) is 24.4 Å². The molecule has 3 aromatic rings. The van der Waals surface area contributed by atoms with Gasteiger partial charge in [-0.25, -0.2) is 0 Å². The average Bonchev–Trinajstić information content (AvgIpc) is 2.91. The number of anilines is 1. The van der Waals surface area contributed by atoms with E-state index < -0.39 is 11.8 Å². The van der Waals surface area contributed by atoms with Crippen LogP contribution in [0.15, 0.2) is 54.9 Å². The Morgan fingerprint density at radius 2 is 1.73 bits per heavy atom. The first kappa shape index (κ1) is 15.9. The van der Waals surface area contributed by atoms with Crippen molar-refractivity contribution in [3.05, 3.63) is 66.1 Å². The summed E-state index contributed by atoms with van der Waals surface area (Å²) in [6.07, 6.45) is 3.12. The Balaban J connectivity index is 1.45. The van der Waals surface area contributed by atoms with Crippen molar-refractivity contribution in [2.24, 2.45) is 0 Å². The zero-order chi connectivity index (χ0) is 18.1. The quantitative estimate of drug-likeness (QED) is 0.732. The monoisotopic (exact) mass is 346 g/mol. The molecule has 1 aliphatic rings. The molecule has 7 nitrogen and oxygen atoms in total. The molecule has 1 aromatic carbocycles. The summed E-state index contributed by atoms with van der Waals surface area (Å²) < 4.78 is 0. The smallest absolute Gasteiger partial charge is 0.280 e. The predicted molar refractivity (Wildman–Crippen MR) is 94.6 cm³/mol. The number of hydrogen-bond acceptors (Lipinski definition) is 5. The Labute approximate surface area is 148 Å². The lowest BCUT2D eigenvalue weighted by Gasteiger charge is -2.13. The number of aromatic nitrogens is 2. The Hall–Kier alpha value is -3.61. The van der Waals surface area contributed by atoms with E-state index in [-0.39, 0.29) is 30.1 Å². The van der Waals surface area contributed by atoms with Gasteiger partial charge >= 0.3 is 0 Å². The van der Waals surface area contributed by atoms with Crippen LogP contribution in [0.4, 0.5) is 5.69 Å². The van der Waals surface area contributed by atoms with Gasteiger partial charge in [-0.3, -0.25) is 29.3 Å². The molecule has 2 aromatic heterocycles. The van der Waals surface area contributed by atoms with E-state index in [9.17, 15) is 14.4 Å². The molecule has 0 radical (unpaired) electrons. The number of nitrogens with zero attached hydrogens (tertiary/aromatic N) is 3. The van der Waals surface area contributed by atoms with Crippen molar-refractivity contribution in [1.82, 2.24) is 14.9 Å². The number of pyridine rings is 2. The Morgan fingerprint density at radius 1 is 0.962 bits per heavy atom. The summed E-state index contributed by atoms with van der Waals surface area (Å²) in [5, 5.41) is 3.71. The number of imide groups is 1. The number of carbonyl (C=O) groups excluding carboxylic acids is 3. The maximum absolute atomic E-state index is 12.3. The Morgan fingerprint density at radius 3 is 2.58 bits per heavy atom. The molecule has 1 aliphatic heterocycles. The number of amides is 3. The average molecular weight is 346 g/mol. The summed E-state index contributed by atoms with van der Waals surface area (Å²) in [5.41, 5.74) is 1.69. The van der Waals surface area contributed by atoms with Gasteiger partial charge in [-0.1, -0.05) is 18.2 Å². The normalized spacial score (nSPS) is 13.2. The van der Waals surface area contributed by atoms with Crippen LogP contribution >= 0.6 is 0 Å². The first-order valence-corrected chi connectivity index (χ1v) is 8.10. The van der Waals surface area contributed by atoms with Gasteiger partial charge in [-0.2, -0.15) is 0 Å². The molecule has 0 atom stereocenters. The highest BCUT2D eigenvalue weighted by atomic mass is 16.2. The fraction of sp³-hybridized carbons (Fsp3) is 0.105. The van der Waals surface area contributed by atoms with E-state index >= 15 is 0 Å². The summed E-state index contributed by atoms with van der Waals surface area (Å²) in [7, 11) is 0. The van der Waals surface area contributed by atoms with E-state index in [0.717, 1.165) is 10.3 Å². The minimum atomic E-state index is -0.467. The van der Waals surface area contributed by atoms with E-state index in [4.69, 9.17) is 0 Å². The number of rotatable bonds is 4. The van der Waals surface area contributed by atoms with Crippen molar-refractivity contribution in [2.45, 2.75) is 6.42 Å². The molecule has 0 fully saturated rings. The summed E-state index contributed by atoms with van der Waals surface area (Å²) in [5.74, 6) is -1.18. The number of para-hydroxylation sites is 1. The SMILES string of the molecule is O=C(CCN1C(=O)c2cccnc2C1=O)Nc1cccc2cccnc12. The standard InChI is InChI=1S/C19H14N4O3/c24-15(22-14-7-1-4-12-5-2-9-20-16(12)14)8-11-23-18(25)13-6-3-10-21-17(13)19(23)26/h1-7,9-10H,8,11H2,(H,22,24). The van der Waals surface area contributed by atoms with Gasteiger partial charge in [-0.05, 0) is 24.3 Å². The molecule has 0 saturated heterocycles. The summed E-state index contributed by atoms with van der Waals surface area (Å²) >= 11 is 0. The third kappa shape index (κ3) is 2.69. The molecule has 0 bridgehead atoms. The molecule has 0 saturated carbocycles. The third-order valence-electron chi connectivity index (χ3n) is 4.20. The highest BCUT2D eigenvalue weighted by Crippen LogP contribution is 2.22. The van der Waals surface area contributed by atoms with Gasteiger partial charge in [-0.15, -0.1) is 0 Å². The predicted octanol–water partition coefficient (Wildman–Crippen LogP) is 2.25. The van der Waals surface area contributed by atoms with Crippen LogP contribution in [0.25, 0.3) is 10.9 Å². The highest BCUT2D eigenvalue weighted by molar-refractivity contribution is 6.20. The molecule has 0 unspecified atom stereocenters. The Bertz CT molecular complexity index is 1010. The topological polar surface area (TPSA) is 92.3 Å². The maximum atomic E-state index is 12.3. The van der Waals surface area contributed by atoms with Gasteiger partial charge in [0, 0.05) is 30.7 Å². The van der Waals surface area contributed by atoms with Gasteiger partial charge in [0.25, 0.3) is 11.8 Å². The minimum Gasteiger partial charge on any atom is -0.324 e. The summed E-state index contributed by atoms with van der Waals surface area (Å²) in [6.45, 7) is -0.00193. The van der Waals surface area contributed by atoms with Crippen LogP contribution < -0.4 is 5.32 Å². The van der Waals surface area contributed by atoms with Crippen LogP contribution in [0.2, 0.25) is 0 Å². The molecule has 1 N–H and O–H groups in total. The van der Waals surface area contributed by atoms with Gasteiger partial charge in [0.05, 0.1) is 16.8 Å². The lowest BCUT2D eigenvalue weighted by molar-refractivity contribution is -0.116. The molecular formula is C19H14N4O3. The number of fused-ring (bicyclic) bond motifs is 2. The molecule has 7 heteroatoms. The second-order valence-corrected chi connectivity index (χ2v) is 5.84. The van der Waals surface area contributed by atoms with Crippen LogP contribution in [0.5, 0.6) is 0 Å². The third-order valence-corrected chi connectivity index (χ3v) is 4.20. The van der Waals surface area contributed by atoms with E-state index in [1.165, 1.54) is 6.20 Å². The van der Waals surface area contributed by atoms with Gasteiger partial charge in [0.1, 0.15) is 5.69 Å². The number of hydrogen-bond donors (Lipinski definition) is 1. The minimum absolute atomic E-state index is 0.00193. The molecule has 0 aliphatic carbocycles. The lowest BCUT2D eigenvalue weighted by atomic mass is 10.2. The highest BCUT2D eigenvalue weighted by Gasteiger charge is 2.36. The zero-order valence-corrected chi connectivity index (χ0v) is 13.7. The second-order valence-electron chi connectivity index (χ2n) is 5.84. The molecule has 3 amide bonds. The van der Waals surface area contributed by atoms with Crippen molar-refractivity contribution in [3.63, 3.8) is 0 Å². The number of carbonyl (C=O) groups is 3. The zero-order valence-electron chi connectivity index (χ0n) is 13.7. The van der Waals surface area contributed by atoms with Crippen molar-refractivity contribution in [2.75, 3.05) is 11.9 Å². The van der Waals surface area contributed by atoms with E-state index in [0.29, 0.717) is 11.2 Å². The molecule has 128 valence electrons. The van der Waals surface area contributed by atoms with Crippen molar-refractivity contribution >= 4 is 34.3 Å². The van der Waals surface area contributed by atoms with E-state index in [2.05, 4.69) is 15.3 Å². The van der Waals surface area contributed by atoms with Crippen LogP contribution in [-0.2, 0) is 4.79 Å². The molecular weight excluding hydrogens is 332 g/mol. The molecule has 26 heavy (non-hydrogen) atoms. The van der Waals surface area contributed by atoms with Crippen LogP contribution in [0.3, 0.4) is 0 Å². The van der Waals surface area contributed by atoms with Crippen molar-refractivity contribution < 1.29 is 14.4 Å². The van der Waals surface area contributed by atoms with Crippen LogP contribution in [0.1, 0.15) is 27.3 Å². The largest absolute Gasteiger partial charge is 0.324 e. The number of benzene rings is 1. The van der Waals surface area contributed by atoms with E-state index in [1.807, 2.05) is 24.3 Å². The first-order chi connectivity index (χ1) is 12.6. The van der Waals surface area contributed by atoms with Crippen molar-refractivity contribution in [3.8, 4) is 0 Å². The fourth-order valence-electron chi connectivity index (χ4n) is 2.95. The van der Waals surface area contributed by atoms with Gasteiger partial charge in [0.15, 0.2) is 0 Å². The van der Waals surface area contributed by atoms with Crippen molar-refractivity contribution in [1.29, 1.82) is 0 Å². The number of nitrogens with one attached hydrogen (secondary N) is 1. The lowest BCUT2D eigenvalue weighted by Crippen LogP contribution is -2.33. The maximum Gasteiger partial charge on any atom is 0.280 e. The first-order valence-electron chi connectivity index (χ1n) is 8.10. The van der Waals surface area contributed by atoms with Crippen LogP contribution in [-0.4, -0.2) is 39.1 Å². The second kappa shape index (κ2) is 6.36. The Kier molecular flexibility index (Phi) is 3.89. The molecule has 3 heterocycles. The van der Waals surface area contributed by atoms with Crippen LogP contribution in [0, 0.1) is 0 Å². The molecule has 4 rings (SSSR count). The van der Waals surface area contributed by atoms with Gasteiger partial charge in [0.2, 0.25) is 5.91 Å². The summed E-state index contributed by atoms with van der Waals surface area (Å²) in [6, 6.07) is 12.4. The van der Waals surface area contributed by atoms with Gasteiger partial charge < -0.3 is 5.32 Å².